The molecular weight excluding hydrogens is 741 g/mol. The number of aromatic nitrogens is 10. The quantitative estimate of drug-likeness (QED) is 0.140. The molecule has 10 aromatic heterocycles. The normalized spacial score (nSPS) is 11.0. The van der Waals surface area contributed by atoms with Crippen molar-refractivity contribution in [1.29, 1.82) is 0 Å². The monoisotopic (exact) mass is 772 g/mol. The fourth-order valence-electron chi connectivity index (χ4n) is 6.86. The SMILES string of the molecule is c1ccc(-c2cccc(-c3cccc(-c4cc(-c5cc(-c6ccccn6)nc(-c6cccc(-c7cccc(-c8ccccn8)n7)n6)c5)cc(-c5ccccn5)n4)n3)n2)nc1. The van der Waals surface area contributed by atoms with E-state index in [2.05, 4.69) is 32.1 Å². The lowest BCUT2D eigenvalue weighted by molar-refractivity contribution is 1.19. The summed E-state index contributed by atoms with van der Waals surface area (Å²) >= 11 is 0. The van der Waals surface area contributed by atoms with E-state index in [0.717, 1.165) is 56.7 Å². The number of rotatable bonds is 9. The standard InChI is InChI=1S/C50H32N10/c1-5-25-51-35(13-1)39-17-9-19-41(55-39)43-21-11-23-45(57-43)49-31-33(29-47(59-49)37-15-3-7-27-53-37)34-30-48(38-16-4-8-28-54-38)60-50(32-34)46-24-12-22-44(58-46)42-20-10-18-40(56-42)36-14-2-6-26-52-36/h1-32H. The van der Waals surface area contributed by atoms with Crippen LogP contribution in [-0.4, -0.2) is 49.8 Å². The van der Waals surface area contributed by atoms with Crippen LogP contribution in [-0.2, 0) is 0 Å². The molecule has 282 valence electrons. The minimum absolute atomic E-state index is 0.674. The van der Waals surface area contributed by atoms with Crippen molar-refractivity contribution in [2.75, 3.05) is 0 Å². The zero-order valence-corrected chi connectivity index (χ0v) is 31.9. The van der Waals surface area contributed by atoms with Gasteiger partial charge in [-0.2, -0.15) is 0 Å². The van der Waals surface area contributed by atoms with Crippen molar-refractivity contribution in [2.24, 2.45) is 0 Å². The Morgan fingerprint density at radius 2 is 0.383 bits per heavy atom. The van der Waals surface area contributed by atoms with E-state index in [4.69, 9.17) is 29.9 Å². The van der Waals surface area contributed by atoms with Crippen LogP contribution >= 0.6 is 0 Å². The summed E-state index contributed by atoms with van der Waals surface area (Å²) in [5, 5.41) is 0. The Hall–Kier alpha value is -8.50. The topological polar surface area (TPSA) is 129 Å². The summed E-state index contributed by atoms with van der Waals surface area (Å²) < 4.78 is 0. The van der Waals surface area contributed by atoms with Crippen LogP contribution in [0.5, 0.6) is 0 Å². The molecule has 0 unspecified atom stereocenters. The van der Waals surface area contributed by atoms with E-state index in [9.17, 15) is 0 Å². The molecule has 0 bridgehead atoms. The first kappa shape index (κ1) is 35.9. The first-order valence-electron chi connectivity index (χ1n) is 19.3. The predicted molar refractivity (Wildman–Crippen MR) is 233 cm³/mol. The average Bonchev–Trinajstić information content (AvgIpc) is 3.35. The molecule has 10 nitrogen and oxygen atoms in total. The van der Waals surface area contributed by atoms with Gasteiger partial charge in [-0.15, -0.1) is 0 Å². The Morgan fingerprint density at radius 1 is 0.183 bits per heavy atom. The molecule has 0 fully saturated rings. The number of hydrogen-bond donors (Lipinski definition) is 0. The largest absolute Gasteiger partial charge is 0.255 e. The van der Waals surface area contributed by atoms with E-state index in [1.165, 1.54) is 0 Å². The Bertz CT molecular complexity index is 2880. The third-order valence-corrected chi connectivity index (χ3v) is 9.74. The molecule has 0 aliphatic heterocycles. The summed E-state index contributed by atoms with van der Waals surface area (Å²) in [6.45, 7) is 0. The van der Waals surface area contributed by atoms with Crippen LogP contribution < -0.4 is 0 Å². The second-order valence-electron chi connectivity index (χ2n) is 13.7. The molecule has 10 heteroatoms. The van der Waals surface area contributed by atoms with E-state index >= 15 is 0 Å². The molecule has 10 rings (SSSR count). The lowest BCUT2D eigenvalue weighted by Crippen LogP contribution is -1.98. The summed E-state index contributed by atoms with van der Waals surface area (Å²) in [6.07, 6.45) is 7.07. The van der Waals surface area contributed by atoms with E-state index in [-0.39, 0.29) is 0 Å². The van der Waals surface area contributed by atoms with Crippen molar-refractivity contribution in [1.82, 2.24) is 49.8 Å². The van der Waals surface area contributed by atoms with E-state index in [1.807, 2.05) is 158 Å². The Labute approximate surface area is 345 Å². The second-order valence-corrected chi connectivity index (χ2v) is 13.7. The second kappa shape index (κ2) is 16.2. The van der Waals surface area contributed by atoms with Crippen molar-refractivity contribution in [2.45, 2.75) is 0 Å². The minimum Gasteiger partial charge on any atom is -0.255 e. The van der Waals surface area contributed by atoms with Crippen LogP contribution in [0.2, 0.25) is 0 Å². The van der Waals surface area contributed by atoms with Gasteiger partial charge in [0.05, 0.1) is 91.1 Å². The van der Waals surface area contributed by atoms with Crippen molar-refractivity contribution in [3.63, 3.8) is 0 Å². The van der Waals surface area contributed by atoms with Gasteiger partial charge in [0, 0.05) is 24.8 Å². The molecule has 0 N–H and O–H groups in total. The fourth-order valence-corrected chi connectivity index (χ4v) is 6.86. The van der Waals surface area contributed by atoms with Crippen molar-refractivity contribution >= 4 is 0 Å². The zero-order valence-electron chi connectivity index (χ0n) is 31.9. The lowest BCUT2D eigenvalue weighted by atomic mass is 10.00. The average molecular weight is 773 g/mol. The highest BCUT2D eigenvalue weighted by atomic mass is 14.9. The summed E-state index contributed by atoms with van der Waals surface area (Å²) in [6, 6.07) is 54.9. The van der Waals surface area contributed by atoms with Gasteiger partial charge in [0.2, 0.25) is 0 Å². The smallest absolute Gasteiger partial charge is 0.0900 e. The fraction of sp³-hybridized carbons (Fsp3) is 0. The maximum absolute atomic E-state index is 5.13. The molecule has 0 aliphatic rings. The van der Waals surface area contributed by atoms with Gasteiger partial charge in [-0.05, 0) is 132 Å². The van der Waals surface area contributed by atoms with Crippen LogP contribution in [0.15, 0.2) is 195 Å². The van der Waals surface area contributed by atoms with Gasteiger partial charge in [-0.1, -0.05) is 48.5 Å². The van der Waals surface area contributed by atoms with Crippen molar-refractivity contribution in [3.8, 4) is 102 Å². The van der Waals surface area contributed by atoms with Crippen LogP contribution in [0, 0.1) is 0 Å². The van der Waals surface area contributed by atoms with Gasteiger partial charge in [0.15, 0.2) is 0 Å². The number of nitrogens with zero attached hydrogens (tertiary/aromatic N) is 10. The molecule has 0 aliphatic carbocycles. The van der Waals surface area contributed by atoms with Crippen LogP contribution in [0.3, 0.4) is 0 Å². The summed E-state index contributed by atoms with van der Waals surface area (Å²) in [4.78, 5) is 48.6. The van der Waals surface area contributed by atoms with Crippen molar-refractivity contribution < 1.29 is 0 Å². The highest BCUT2D eigenvalue weighted by molar-refractivity contribution is 5.80. The Morgan fingerprint density at radius 3 is 0.650 bits per heavy atom. The van der Waals surface area contributed by atoms with Crippen LogP contribution in [0.1, 0.15) is 0 Å². The van der Waals surface area contributed by atoms with Crippen LogP contribution in [0.25, 0.3) is 102 Å². The third-order valence-electron chi connectivity index (χ3n) is 9.74. The molecule has 0 spiro atoms. The summed E-state index contributed by atoms with van der Waals surface area (Å²) in [7, 11) is 0. The van der Waals surface area contributed by atoms with E-state index < -0.39 is 0 Å². The Kier molecular flexibility index (Phi) is 9.67. The maximum atomic E-state index is 5.13. The molecule has 0 aromatic carbocycles. The number of hydrogen-bond acceptors (Lipinski definition) is 10. The first-order valence-corrected chi connectivity index (χ1v) is 19.3. The third kappa shape index (κ3) is 7.63. The molecule has 10 heterocycles. The molecule has 10 aromatic rings. The zero-order chi connectivity index (χ0) is 40.1. The van der Waals surface area contributed by atoms with Gasteiger partial charge >= 0.3 is 0 Å². The van der Waals surface area contributed by atoms with Gasteiger partial charge < -0.3 is 0 Å². The molecule has 0 saturated carbocycles. The lowest BCUT2D eigenvalue weighted by Gasteiger charge is -2.13. The summed E-state index contributed by atoms with van der Waals surface area (Å²) in [5.74, 6) is 0. The molecule has 0 saturated heterocycles. The van der Waals surface area contributed by atoms with Gasteiger partial charge in [0.1, 0.15) is 0 Å². The van der Waals surface area contributed by atoms with Crippen molar-refractivity contribution in [3.05, 3.63) is 195 Å². The van der Waals surface area contributed by atoms with Gasteiger partial charge in [0.25, 0.3) is 0 Å². The minimum atomic E-state index is 0.674. The van der Waals surface area contributed by atoms with Gasteiger partial charge in [-0.25, -0.2) is 29.9 Å². The first-order chi connectivity index (χ1) is 29.7. The number of pyridine rings is 10. The van der Waals surface area contributed by atoms with E-state index in [0.29, 0.717) is 45.6 Å². The van der Waals surface area contributed by atoms with E-state index in [1.54, 1.807) is 24.8 Å². The van der Waals surface area contributed by atoms with Gasteiger partial charge in [-0.3, -0.25) is 19.9 Å². The molecule has 0 amide bonds. The molecular formula is C50H32N10. The maximum Gasteiger partial charge on any atom is 0.0900 e. The molecule has 60 heavy (non-hydrogen) atoms. The molecule has 0 radical (unpaired) electrons. The highest BCUT2D eigenvalue weighted by Gasteiger charge is 2.17. The Balaban J connectivity index is 1.09. The highest BCUT2D eigenvalue weighted by Crippen LogP contribution is 2.34. The summed E-state index contributed by atoms with van der Waals surface area (Å²) in [5.41, 5.74) is 13.4. The van der Waals surface area contributed by atoms with Crippen LogP contribution in [0.4, 0.5) is 0 Å². The molecule has 0 atom stereocenters. The predicted octanol–water partition coefficient (Wildman–Crippen LogP) is 10.6.